The van der Waals surface area contributed by atoms with Gasteiger partial charge in [-0.05, 0) is 25.1 Å². The Morgan fingerprint density at radius 1 is 1.29 bits per heavy atom. The van der Waals surface area contributed by atoms with Gasteiger partial charge in [-0.25, -0.2) is 4.98 Å². The molecule has 0 atom stereocenters. The van der Waals surface area contributed by atoms with E-state index in [1.54, 1.807) is 9.25 Å². The molecule has 104 valence electrons. The van der Waals surface area contributed by atoms with Crippen molar-refractivity contribution < 1.29 is 4.79 Å². The number of carbonyl (C=O) groups is 1. The van der Waals surface area contributed by atoms with Crippen molar-refractivity contribution in [2.24, 2.45) is 7.05 Å². The number of para-hydroxylation sites is 2. The van der Waals surface area contributed by atoms with Crippen molar-refractivity contribution in [2.45, 2.75) is 13.3 Å². The lowest BCUT2D eigenvalue weighted by atomic mass is 10.1. The van der Waals surface area contributed by atoms with Crippen LogP contribution in [0.5, 0.6) is 0 Å². The van der Waals surface area contributed by atoms with Crippen molar-refractivity contribution in [2.75, 3.05) is 0 Å². The third-order valence-electron chi connectivity index (χ3n) is 3.82. The zero-order valence-electron chi connectivity index (χ0n) is 11.9. The molecule has 0 saturated heterocycles. The van der Waals surface area contributed by atoms with Gasteiger partial charge in [-0.15, -0.1) is 0 Å². The van der Waals surface area contributed by atoms with E-state index in [-0.39, 0.29) is 5.91 Å². The second kappa shape index (κ2) is 4.15. The Bertz CT molecular complexity index is 914. The van der Waals surface area contributed by atoms with Crippen LogP contribution in [0.3, 0.4) is 0 Å². The largest absolute Gasteiger partial charge is 0.275 e. The SMILES string of the molecule is Cc1nn(C)cc1C=C1CC(=O)n2c1nc1ccccc12. The van der Waals surface area contributed by atoms with Crippen LogP contribution in [0, 0.1) is 6.92 Å². The molecule has 0 N–H and O–H groups in total. The second-order valence-electron chi connectivity index (χ2n) is 5.34. The number of imidazole rings is 1. The molecule has 4 rings (SSSR count). The number of nitrogens with zero attached hydrogens (tertiary/aromatic N) is 4. The first-order valence-corrected chi connectivity index (χ1v) is 6.85. The van der Waals surface area contributed by atoms with Crippen LogP contribution in [0.15, 0.2) is 30.5 Å². The molecule has 0 bridgehead atoms. The minimum Gasteiger partial charge on any atom is -0.275 e. The maximum Gasteiger partial charge on any atom is 0.237 e. The van der Waals surface area contributed by atoms with Crippen molar-refractivity contribution in [1.29, 1.82) is 0 Å². The monoisotopic (exact) mass is 278 g/mol. The molecule has 0 radical (unpaired) electrons. The fourth-order valence-electron chi connectivity index (χ4n) is 2.88. The summed E-state index contributed by atoms with van der Waals surface area (Å²) in [6, 6.07) is 7.73. The predicted molar refractivity (Wildman–Crippen MR) is 80.8 cm³/mol. The first kappa shape index (κ1) is 12.1. The molecule has 0 spiro atoms. The summed E-state index contributed by atoms with van der Waals surface area (Å²) in [6.45, 7) is 1.96. The summed E-state index contributed by atoms with van der Waals surface area (Å²) in [4.78, 5) is 16.9. The molecule has 21 heavy (non-hydrogen) atoms. The zero-order chi connectivity index (χ0) is 14.6. The van der Waals surface area contributed by atoms with Crippen LogP contribution in [-0.2, 0) is 7.05 Å². The highest BCUT2D eigenvalue weighted by Gasteiger charge is 2.28. The van der Waals surface area contributed by atoms with E-state index >= 15 is 0 Å². The summed E-state index contributed by atoms with van der Waals surface area (Å²) in [5.41, 5.74) is 4.67. The van der Waals surface area contributed by atoms with E-state index in [1.165, 1.54) is 0 Å². The molecule has 0 aliphatic carbocycles. The zero-order valence-corrected chi connectivity index (χ0v) is 11.9. The number of benzene rings is 1. The number of fused-ring (bicyclic) bond motifs is 3. The van der Waals surface area contributed by atoms with E-state index in [0.717, 1.165) is 33.7 Å². The van der Waals surface area contributed by atoms with Gasteiger partial charge in [0.05, 0.1) is 23.1 Å². The molecule has 1 aliphatic rings. The van der Waals surface area contributed by atoms with Crippen LogP contribution in [0.4, 0.5) is 0 Å². The lowest BCUT2D eigenvalue weighted by Crippen LogP contribution is -2.02. The van der Waals surface area contributed by atoms with Gasteiger partial charge in [0.2, 0.25) is 5.91 Å². The third-order valence-corrected chi connectivity index (χ3v) is 3.82. The van der Waals surface area contributed by atoms with Gasteiger partial charge in [0.1, 0.15) is 5.82 Å². The molecular formula is C16H14N4O. The number of hydrogen-bond acceptors (Lipinski definition) is 3. The van der Waals surface area contributed by atoms with E-state index in [0.29, 0.717) is 6.42 Å². The highest BCUT2D eigenvalue weighted by Crippen LogP contribution is 2.32. The Morgan fingerprint density at radius 2 is 2.10 bits per heavy atom. The topological polar surface area (TPSA) is 52.7 Å². The molecule has 5 nitrogen and oxygen atoms in total. The quantitative estimate of drug-likeness (QED) is 0.687. The second-order valence-corrected chi connectivity index (χ2v) is 5.34. The number of aromatic nitrogens is 4. The van der Waals surface area contributed by atoms with Gasteiger partial charge in [0, 0.05) is 24.4 Å². The van der Waals surface area contributed by atoms with E-state index in [2.05, 4.69) is 10.1 Å². The molecule has 0 unspecified atom stereocenters. The van der Waals surface area contributed by atoms with Crippen LogP contribution < -0.4 is 0 Å². The standard InChI is InChI=1S/C16H14N4O/c1-10-12(9-19(2)18-10)7-11-8-15(21)20-14-6-4-3-5-13(14)17-16(11)20/h3-7,9H,8H2,1-2H3. The smallest absolute Gasteiger partial charge is 0.237 e. The number of rotatable bonds is 1. The Morgan fingerprint density at radius 3 is 2.86 bits per heavy atom. The van der Waals surface area contributed by atoms with Gasteiger partial charge in [-0.1, -0.05) is 12.1 Å². The van der Waals surface area contributed by atoms with Crippen molar-refractivity contribution in [1.82, 2.24) is 19.3 Å². The molecule has 1 aliphatic heterocycles. The van der Waals surface area contributed by atoms with Gasteiger partial charge >= 0.3 is 0 Å². The predicted octanol–water partition coefficient (Wildman–Crippen LogP) is 2.66. The van der Waals surface area contributed by atoms with Crippen LogP contribution in [0.1, 0.15) is 28.3 Å². The summed E-state index contributed by atoms with van der Waals surface area (Å²) in [5.74, 6) is 0.830. The molecule has 0 fully saturated rings. The summed E-state index contributed by atoms with van der Waals surface area (Å²) < 4.78 is 3.49. The molecule has 5 heteroatoms. The average molecular weight is 278 g/mol. The van der Waals surface area contributed by atoms with Crippen molar-refractivity contribution >= 4 is 28.6 Å². The van der Waals surface area contributed by atoms with E-state index in [9.17, 15) is 4.79 Å². The van der Waals surface area contributed by atoms with Gasteiger partial charge in [0.15, 0.2) is 0 Å². The third kappa shape index (κ3) is 1.74. The fraction of sp³-hybridized carbons (Fsp3) is 0.188. The van der Waals surface area contributed by atoms with Crippen molar-refractivity contribution in [3.63, 3.8) is 0 Å². The molecule has 3 heterocycles. The van der Waals surface area contributed by atoms with Crippen LogP contribution >= 0.6 is 0 Å². The minimum absolute atomic E-state index is 0.0755. The van der Waals surface area contributed by atoms with Crippen molar-refractivity contribution in [3.05, 3.63) is 47.5 Å². The van der Waals surface area contributed by atoms with Gasteiger partial charge in [0.25, 0.3) is 0 Å². The summed E-state index contributed by atoms with van der Waals surface area (Å²) in [6.07, 6.45) is 4.37. The van der Waals surface area contributed by atoms with Gasteiger partial charge < -0.3 is 0 Å². The highest BCUT2D eigenvalue weighted by molar-refractivity contribution is 6.06. The van der Waals surface area contributed by atoms with Gasteiger partial charge in [-0.2, -0.15) is 5.10 Å². The summed E-state index contributed by atoms with van der Waals surface area (Å²) in [5, 5.41) is 4.33. The number of carbonyl (C=O) groups excluding carboxylic acids is 1. The maximum atomic E-state index is 12.3. The fourth-order valence-corrected chi connectivity index (χ4v) is 2.88. The molecular weight excluding hydrogens is 264 g/mol. The number of allylic oxidation sites excluding steroid dienone is 1. The number of aryl methyl sites for hydroxylation is 2. The van der Waals surface area contributed by atoms with Crippen LogP contribution in [-0.4, -0.2) is 25.2 Å². The van der Waals surface area contributed by atoms with E-state index in [4.69, 9.17) is 0 Å². The molecule has 2 aromatic heterocycles. The molecule has 0 saturated carbocycles. The highest BCUT2D eigenvalue weighted by atomic mass is 16.2. The molecule has 0 amide bonds. The van der Waals surface area contributed by atoms with Crippen LogP contribution in [0.25, 0.3) is 22.7 Å². The lowest BCUT2D eigenvalue weighted by Gasteiger charge is -1.94. The summed E-state index contributed by atoms with van der Waals surface area (Å²) in [7, 11) is 1.89. The van der Waals surface area contributed by atoms with Crippen LogP contribution in [0.2, 0.25) is 0 Å². The average Bonchev–Trinajstić information content (AvgIpc) is 3.06. The lowest BCUT2D eigenvalue weighted by molar-refractivity contribution is 0.0935. The Hall–Kier alpha value is -2.69. The normalized spacial score (nSPS) is 16.1. The minimum atomic E-state index is 0.0755. The van der Waals surface area contributed by atoms with Crippen molar-refractivity contribution in [3.8, 4) is 0 Å². The Balaban J connectivity index is 1.92. The summed E-state index contributed by atoms with van der Waals surface area (Å²) >= 11 is 0. The van der Waals surface area contributed by atoms with Gasteiger partial charge in [-0.3, -0.25) is 14.0 Å². The maximum absolute atomic E-state index is 12.3. The molecule has 3 aromatic rings. The van der Waals surface area contributed by atoms with E-state index in [1.807, 2.05) is 50.5 Å². The Labute approximate surface area is 121 Å². The number of hydrogen-bond donors (Lipinski definition) is 0. The first-order chi connectivity index (χ1) is 10.1. The first-order valence-electron chi connectivity index (χ1n) is 6.85. The van der Waals surface area contributed by atoms with E-state index < -0.39 is 0 Å². The Kier molecular flexibility index (Phi) is 2.39. The molecule has 1 aromatic carbocycles.